The Balaban J connectivity index is 0.000000168. The number of pyridine rings is 1. The minimum atomic E-state index is 0. The van der Waals surface area contributed by atoms with E-state index in [0.717, 1.165) is 112 Å². The molecule has 3 unspecified atom stereocenters. The molecule has 18 heteroatoms. The van der Waals surface area contributed by atoms with Gasteiger partial charge in [-0.3, -0.25) is 0 Å². The van der Waals surface area contributed by atoms with Crippen molar-refractivity contribution in [3.8, 4) is 62.0 Å². The summed E-state index contributed by atoms with van der Waals surface area (Å²) in [6.07, 6.45) is 27.9. The van der Waals surface area contributed by atoms with Gasteiger partial charge < -0.3 is 43.9 Å². The van der Waals surface area contributed by atoms with E-state index in [-0.39, 0.29) is 108 Å². The molecule has 3 aliphatic carbocycles. The molecule has 4 aliphatic rings. The predicted octanol–water partition coefficient (Wildman–Crippen LogP) is 19.2. The van der Waals surface area contributed by atoms with E-state index in [1.54, 1.807) is 40.4 Å². The molecule has 0 amide bonds. The fourth-order valence-corrected chi connectivity index (χ4v) is 16.4. The summed E-state index contributed by atoms with van der Waals surface area (Å²) in [5.41, 5.74) is 8.81. The number of aromatic hydroxyl groups is 3. The first-order chi connectivity index (χ1) is 45.5. The molecule has 3 saturated carbocycles. The smallest absolute Gasteiger partial charge is 0.229 e. The Morgan fingerprint density at radius 3 is 1.88 bits per heavy atom. The second-order valence-electron chi connectivity index (χ2n) is 28.2. The van der Waals surface area contributed by atoms with Gasteiger partial charge in [-0.15, -0.1) is 11.3 Å². The third kappa shape index (κ3) is 19.0. The second kappa shape index (κ2) is 34.8. The number of hydrogen-bond donors (Lipinski definition) is 3. The van der Waals surface area contributed by atoms with Crippen LogP contribution in [-0.4, -0.2) is 67.7 Å². The molecular formula is C80H90Ir3N9O4RhS-. The number of anilines is 1. The van der Waals surface area contributed by atoms with Crippen LogP contribution in [0.5, 0.6) is 17.2 Å². The van der Waals surface area contributed by atoms with Gasteiger partial charge in [-0.25, -0.2) is 20.1 Å². The van der Waals surface area contributed by atoms with Crippen molar-refractivity contribution >= 4 is 27.2 Å². The molecule has 13 nitrogen and oxygen atoms in total. The normalized spacial score (nSPS) is 19.6. The van der Waals surface area contributed by atoms with E-state index < -0.39 is 0 Å². The molecule has 98 heavy (non-hydrogen) atoms. The Kier molecular flexibility index (Phi) is 27.5. The maximum atomic E-state index is 10.4. The Hall–Kier alpha value is -6.31. The molecule has 6 aromatic carbocycles. The average molecular weight is 1950 g/mol. The molecule has 522 valence electrons. The fraction of sp³-hybridized carbons (Fsp3) is 0.375. The first-order valence-corrected chi connectivity index (χ1v) is 34.7. The van der Waals surface area contributed by atoms with Crippen molar-refractivity contribution in [3.63, 3.8) is 0 Å². The Labute approximate surface area is 636 Å². The zero-order chi connectivity index (χ0) is 65.3. The first kappa shape index (κ1) is 77.4. The van der Waals surface area contributed by atoms with E-state index in [1.165, 1.54) is 88.3 Å². The SMILES string of the molecule is CC1(Cc2nc(-c3ccccc3O)cn2-c2ccccc2)CCN(c2ccccc2)C1.CC1(c2n[c-]n(-c3ccccn3)n2)CCCC1.CC1CC(C)CC(C)(Cc2cnc(-c3ccccc3O)o2)C1.CCC1(Cc2ccc(O)c(-c3nc4ccccc4s3)c2)CCCC1.[Ir].[Ir].[Ir].[Rh]. The molecule has 3 atom stereocenters. The molecule has 0 bridgehead atoms. The van der Waals surface area contributed by atoms with E-state index in [0.29, 0.717) is 22.6 Å². The van der Waals surface area contributed by atoms with Crippen molar-refractivity contribution in [2.45, 2.75) is 150 Å². The van der Waals surface area contributed by atoms with Gasteiger partial charge in [-0.1, -0.05) is 177 Å². The standard InChI is InChI=1S/C27H27N3O.C21H23NOS.C19H25NO2.C13H15N4.3Ir.Rh/c1-27(16-17-29(20-27)21-10-4-2-5-11-21)18-26-28-24(23-14-8-9-15-25(23)31)19-30(26)22-12-6-3-7-13-22;1-2-21(11-5-6-12-21)14-15-9-10-18(23)16(13-15)20-22-17-7-3-4-8-19(17)24-20;1-13-8-14(2)10-19(3,9-13)11-15-12-20-18(22-15)16-6-4-5-7-17(16)21;1-13(7-3-4-8-13)12-15-10-17(16-12)11-6-2-5-9-14-11;;;;/h2-15,19,31H,16-18,20H2,1H3;3-4,7-10,13,23H,2,5-6,11-12,14H2,1H3;4-7,12-14,21H,8-11H2,1-3H3;2,5-6,9H,3-4,7-8H2,1H3;;;;/q;;;-1;;;;. The van der Waals surface area contributed by atoms with Gasteiger partial charge >= 0.3 is 0 Å². The Bertz CT molecular complexity index is 4230. The maximum Gasteiger partial charge on any atom is 0.229 e. The van der Waals surface area contributed by atoms with Crippen LogP contribution in [-0.2, 0) is 104 Å². The summed E-state index contributed by atoms with van der Waals surface area (Å²) in [7, 11) is 0. The van der Waals surface area contributed by atoms with Crippen LogP contribution in [0.4, 0.5) is 5.69 Å². The van der Waals surface area contributed by atoms with Crippen molar-refractivity contribution < 1.29 is 99.5 Å². The van der Waals surface area contributed by atoms with Gasteiger partial charge in [-0.05, 0) is 163 Å². The van der Waals surface area contributed by atoms with Gasteiger partial charge in [0, 0.05) is 141 Å². The van der Waals surface area contributed by atoms with Crippen molar-refractivity contribution in [1.82, 2.24) is 39.3 Å². The number of fused-ring (bicyclic) bond motifs is 1. The molecule has 1 aliphatic heterocycles. The summed E-state index contributed by atoms with van der Waals surface area (Å²) < 4.78 is 10.9. The van der Waals surface area contributed by atoms with Crippen LogP contribution < -0.4 is 4.90 Å². The number of rotatable bonds is 14. The van der Waals surface area contributed by atoms with Crippen LogP contribution in [0, 0.1) is 34.4 Å². The zero-order valence-corrected chi connectivity index (χ0v) is 66.4. The van der Waals surface area contributed by atoms with Crippen LogP contribution in [0.2, 0.25) is 0 Å². The summed E-state index contributed by atoms with van der Waals surface area (Å²) in [5.74, 6) is 6.47. The summed E-state index contributed by atoms with van der Waals surface area (Å²) in [6.45, 7) is 16.0. The molecular weight excluding hydrogens is 1860 g/mol. The van der Waals surface area contributed by atoms with Crippen LogP contribution >= 0.6 is 11.3 Å². The summed E-state index contributed by atoms with van der Waals surface area (Å²) in [4.78, 5) is 25.1. The van der Waals surface area contributed by atoms with E-state index in [1.807, 2.05) is 103 Å². The van der Waals surface area contributed by atoms with Crippen molar-refractivity contribution in [2.24, 2.45) is 28.1 Å². The van der Waals surface area contributed by atoms with Crippen LogP contribution in [0.15, 0.2) is 193 Å². The molecule has 15 rings (SSSR count). The fourth-order valence-electron chi connectivity index (χ4n) is 15.5. The number of para-hydroxylation sites is 5. The van der Waals surface area contributed by atoms with Crippen molar-refractivity contribution in [1.29, 1.82) is 0 Å². The number of phenols is 3. The van der Waals surface area contributed by atoms with Crippen molar-refractivity contribution in [2.75, 3.05) is 18.0 Å². The molecule has 6 heterocycles. The minimum absolute atomic E-state index is 0. The largest absolute Gasteiger partial charge is 0.507 e. The van der Waals surface area contributed by atoms with Gasteiger partial charge in [-0.2, -0.15) is 0 Å². The number of benzene rings is 6. The van der Waals surface area contributed by atoms with Crippen LogP contribution in [0.25, 0.3) is 55.0 Å². The summed E-state index contributed by atoms with van der Waals surface area (Å²) in [5, 5.41) is 36.1. The Morgan fingerprint density at radius 1 is 0.612 bits per heavy atom. The Morgan fingerprint density at radius 2 is 1.22 bits per heavy atom. The number of hydrogen-bond acceptors (Lipinski definition) is 12. The number of thiazole rings is 1. The summed E-state index contributed by atoms with van der Waals surface area (Å²) >= 11 is 1.65. The predicted molar refractivity (Wildman–Crippen MR) is 379 cm³/mol. The van der Waals surface area contributed by atoms with Gasteiger partial charge in [0.1, 0.15) is 33.8 Å². The quantitative estimate of drug-likeness (QED) is 0.0701. The number of nitrogens with zero attached hydrogens (tertiary/aromatic N) is 9. The molecule has 4 fully saturated rings. The number of imidazole rings is 1. The topological polar surface area (TPSA) is 164 Å². The first-order valence-electron chi connectivity index (χ1n) is 33.9. The second-order valence-corrected chi connectivity index (χ2v) is 29.3. The van der Waals surface area contributed by atoms with E-state index in [2.05, 4.69) is 138 Å². The minimum Gasteiger partial charge on any atom is -0.507 e. The van der Waals surface area contributed by atoms with Gasteiger partial charge in [0.25, 0.3) is 0 Å². The molecule has 11 aromatic rings. The van der Waals surface area contributed by atoms with Gasteiger partial charge in [0.05, 0.1) is 44.9 Å². The van der Waals surface area contributed by atoms with E-state index >= 15 is 0 Å². The monoisotopic (exact) mass is 1950 g/mol. The molecule has 3 N–H and O–H groups in total. The summed E-state index contributed by atoms with van der Waals surface area (Å²) in [6, 6.07) is 55.5. The number of aromatic nitrogens is 8. The van der Waals surface area contributed by atoms with E-state index in [4.69, 9.17) is 14.4 Å². The third-order valence-electron chi connectivity index (χ3n) is 20.2. The molecule has 0 spiro atoms. The third-order valence-corrected chi connectivity index (χ3v) is 21.2. The molecule has 4 radical (unpaired) electrons. The molecule has 5 aromatic heterocycles. The van der Waals surface area contributed by atoms with Crippen LogP contribution in [0.3, 0.4) is 0 Å². The maximum absolute atomic E-state index is 10.4. The van der Waals surface area contributed by atoms with Gasteiger partial charge in [0.15, 0.2) is 0 Å². The number of oxazole rings is 1. The molecule has 1 saturated heterocycles. The average Bonchev–Trinajstić information content (AvgIpc) is 1.61. The van der Waals surface area contributed by atoms with Crippen molar-refractivity contribution in [3.05, 3.63) is 218 Å². The van der Waals surface area contributed by atoms with Gasteiger partial charge in [0.2, 0.25) is 5.89 Å². The van der Waals surface area contributed by atoms with Crippen LogP contribution in [0.1, 0.15) is 148 Å². The number of phenolic OH excluding ortho intramolecular Hbond substituents is 3. The van der Waals surface area contributed by atoms with E-state index in [9.17, 15) is 15.3 Å². The zero-order valence-electron chi connectivity index (χ0n) is 56.8.